The maximum absolute atomic E-state index is 3.85. The van der Waals surface area contributed by atoms with Crippen LogP contribution in [0.3, 0.4) is 0 Å². The molecule has 1 saturated heterocycles. The first-order valence-electron chi connectivity index (χ1n) is 6.62. The molecule has 0 aromatic rings. The molecule has 2 atom stereocenters. The van der Waals surface area contributed by atoms with Crippen molar-refractivity contribution in [3.63, 3.8) is 0 Å². The average Bonchev–Trinajstić information content (AvgIpc) is 2.17. The van der Waals surface area contributed by atoms with Crippen molar-refractivity contribution < 1.29 is 0 Å². The summed E-state index contributed by atoms with van der Waals surface area (Å²) in [7, 11) is 0. The Labute approximate surface area is 94.2 Å². The maximum atomic E-state index is 3.85. The standard InChI is InChI=1S/C13H26N2/c1-13(2)7-3-5-11(9-13)15-12-6-4-8-14-10-12/h11-12,14-15H,3-10H2,1-2H3. The van der Waals surface area contributed by atoms with Crippen molar-refractivity contribution in [1.29, 1.82) is 0 Å². The molecule has 1 heterocycles. The molecular formula is C13H26N2. The van der Waals surface area contributed by atoms with E-state index in [4.69, 9.17) is 0 Å². The first kappa shape index (κ1) is 11.4. The van der Waals surface area contributed by atoms with Crippen LogP contribution in [0.1, 0.15) is 52.4 Å². The van der Waals surface area contributed by atoms with Gasteiger partial charge in [-0.2, -0.15) is 0 Å². The van der Waals surface area contributed by atoms with Crippen LogP contribution in [0.4, 0.5) is 0 Å². The van der Waals surface area contributed by atoms with Crippen LogP contribution in [0.25, 0.3) is 0 Å². The van der Waals surface area contributed by atoms with E-state index in [9.17, 15) is 0 Å². The Balaban J connectivity index is 1.78. The van der Waals surface area contributed by atoms with Gasteiger partial charge in [0.15, 0.2) is 0 Å². The number of rotatable bonds is 2. The van der Waals surface area contributed by atoms with E-state index >= 15 is 0 Å². The van der Waals surface area contributed by atoms with Gasteiger partial charge >= 0.3 is 0 Å². The fraction of sp³-hybridized carbons (Fsp3) is 1.00. The summed E-state index contributed by atoms with van der Waals surface area (Å²) in [5.41, 5.74) is 0.567. The van der Waals surface area contributed by atoms with Crippen molar-refractivity contribution in [2.75, 3.05) is 13.1 Å². The molecule has 2 N–H and O–H groups in total. The zero-order valence-corrected chi connectivity index (χ0v) is 10.3. The summed E-state index contributed by atoms with van der Waals surface area (Å²) in [5.74, 6) is 0. The molecule has 2 fully saturated rings. The lowest BCUT2D eigenvalue weighted by Crippen LogP contribution is -2.49. The molecule has 0 radical (unpaired) electrons. The average molecular weight is 210 g/mol. The van der Waals surface area contributed by atoms with Crippen molar-refractivity contribution in [2.24, 2.45) is 5.41 Å². The fourth-order valence-corrected chi connectivity index (χ4v) is 3.17. The number of nitrogens with one attached hydrogen (secondary N) is 2. The topological polar surface area (TPSA) is 24.1 Å². The summed E-state index contributed by atoms with van der Waals surface area (Å²) < 4.78 is 0. The third-order valence-electron chi connectivity index (χ3n) is 3.97. The van der Waals surface area contributed by atoms with E-state index in [-0.39, 0.29) is 0 Å². The SMILES string of the molecule is CC1(C)CCCC(NC2CCCNC2)C1. The second-order valence-electron chi connectivity index (χ2n) is 6.17. The van der Waals surface area contributed by atoms with Crippen LogP contribution in [-0.2, 0) is 0 Å². The highest BCUT2D eigenvalue weighted by molar-refractivity contribution is 4.87. The molecule has 0 aromatic carbocycles. The summed E-state index contributed by atoms with van der Waals surface area (Å²) in [6.45, 7) is 7.23. The summed E-state index contributed by atoms with van der Waals surface area (Å²) in [5, 5.41) is 7.33. The summed E-state index contributed by atoms with van der Waals surface area (Å²) in [4.78, 5) is 0. The van der Waals surface area contributed by atoms with Crippen LogP contribution in [-0.4, -0.2) is 25.2 Å². The molecule has 2 unspecified atom stereocenters. The minimum absolute atomic E-state index is 0.567. The fourth-order valence-electron chi connectivity index (χ4n) is 3.17. The Morgan fingerprint density at radius 2 is 1.93 bits per heavy atom. The molecule has 0 aromatic heterocycles. The van der Waals surface area contributed by atoms with Crippen LogP contribution in [0.2, 0.25) is 0 Å². The van der Waals surface area contributed by atoms with Gasteiger partial charge < -0.3 is 10.6 Å². The Hall–Kier alpha value is -0.0800. The summed E-state index contributed by atoms with van der Waals surface area (Å²) in [6.07, 6.45) is 8.28. The summed E-state index contributed by atoms with van der Waals surface area (Å²) >= 11 is 0. The molecule has 0 bridgehead atoms. The molecule has 88 valence electrons. The zero-order valence-electron chi connectivity index (χ0n) is 10.3. The van der Waals surface area contributed by atoms with Gasteiger partial charge in [-0.15, -0.1) is 0 Å². The van der Waals surface area contributed by atoms with Gasteiger partial charge in [-0.3, -0.25) is 0 Å². The van der Waals surface area contributed by atoms with Crippen LogP contribution < -0.4 is 10.6 Å². The molecule has 1 aliphatic heterocycles. The molecule has 1 saturated carbocycles. The first-order valence-corrected chi connectivity index (χ1v) is 6.62. The Bertz CT molecular complexity index is 195. The van der Waals surface area contributed by atoms with E-state index in [1.54, 1.807) is 0 Å². The summed E-state index contributed by atoms with van der Waals surface area (Å²) in [6, 6.07) is 1.51. The lowest BCUT2D eigenvalue weighted by Gasteiger charge is -2.38. The van der Waals surface area contributed by atoms with Gasteiger partial charge in [0, 0.05) is 18.6 Å². The number of hydrogen-bond acceptors (Lipinski definition) is 2. The van der Waals surface area contributed by atoms with E-state index in [2.05, 4.69) is 24.5 Å². The van der Waals surface area contributed by atoms with Gasteiger partial charge in [-0.1, -0.05) is 20.3 Å². The van der Waals surface area contributed by atoms with Crippen molar-refractivity contribution in [1.82, 2.24) is 10.6 Å². The lowest BCUT2D eigenvalue weighted by atomic mass is 9.75. The molecule has 0 spiro atoms. The van der Waals surface area contributed by atoms with E-state index < -0.39 is 0 Å². The Morgan fingerprint density at radius 1 is 1.13 bits per heavy atom. The highest BCUT2D eigenvalue weighted by atomic mass is 15.0. The molecule has 2 rings (SSSR count). The zero-order chi connectivity index (χ0) is 10.7. The lowest BCUT2D eigenvalue weighted by molar-refractivity contribution is 0.183. The van der Waals surface area contributed by atoms with Crippen LogP contribution >= 0.6 is 0 Å². The van der Waals surface area contributed by atoms with Gasteiger partial charge in [0.1, 0.15) is 0 Å². The maximum Gasteiger partial charge on any atom is 0.0195 e. The quantitative estimate of drug-likeness (QED) is 0.731. The third-order valence-corrected chi connectivity index (χ3v) is 3.97. The Kier molecular flexibility index (Phi) is 3.68. The first-order chi connectivity index (χ1) is 7.16. The second kappa shape index (κ2) is 4.84. The smallest absolute Gasteiger partial charge is 0.0195 e. The number of hydrogen-bond donors (Lipinski definition) is 2. The van der Waals surface area contributed by atoms with E-state index in [0.29, 0.717) is 5.41 Å². The van der Waals surface area contributed by atoms with Gasteiger partial charge in [-0.05, 0) is 44.1 Å². The molecule has 2 heteroatoms. The monoisotopic (exact) mass is 210 g/mol. The van der Waals surface area contributed by atoms with Crippen molar-refractivity contribution in [2.45, 2.75) is 64.5 Å². The Morgan fingerprint density at radius 3 is 2.60 bits per heavy atom. The van der Waals surface area contributed by atoms with Crippen LogP contribution in [0.5, 0.6) is 0 Å². The van der Waals surface area contributed by atoms with E-state index in [0.717, 1.165) is 12.1 Å². The predicted molar refractivity (Wildman–Crippen MR) is 65.1 cm³/mol. The van der Waals surface area contributed by atoms with Gasteiger partial charge in [-0.25, -0.2) is 0 Å². The predicted octanol–water partition coefficient (Wildman–Crippen LogP) is 2.30. The highest BCUT2D eigenvalue weighted by Gasteiger charge is 2.29. The van der Waals surface area contributed by atoms with E-state index in [1.807, 2.05) is 0 Å². The third kappa shape index (κ3) is 3.46. The normalized spacial score (nSPS) is 36.4. The molecule has 2 aliphatic rings. The molecule has 15 heavy (non-hydrogen) atoms. The van der Waals surface area contributed by atoms with Crippen molar-refractivity contribution in [3.8, 4) is 0 Å². The van der Waals surface area contributed by atoms with E-state index in [1.165, 1.54) is 51.6 Å². The van der Waals surface area contributed by atoms with Gasteiger partial charge in [0.2, 0.25) is 0 Å². The molecule has 0 amide bonds. The molecule has 1 aliphatic carbocycles. The number of piperidine rings is 1. The van der Waals surface area contributed by atoms with Crippen molar-refractivity contribution >= 4 is 0 Å². The van der Waals surface area contributed by atoms with Crippen molar-refractivity contribution in [3.05, 3.63) is 0 Å². The van der Waals surface area contributed by atoms with Gasteiger partial charge in [0.05, 0.1) is 0 Å². The minimum atomic E-state index is 0.567. The van der Waals surface area contributed by atoms with Gasteiger partial charge in [0.25, 0.3) is 0 Å². The van der Waals surface area contributed by atoms with Crippen LogP contribution in [0, 0.1) is 5.41 Å². The highest BCUT2D eigenvalue weighted by Crippen LogP contribution is 2.35. The molecule has 2 nitrogen and oxygen atoms in total. The molecular weight excluding hydrogens is 184 g/mol. The van der Waals surface area contributed by atoms with Crippen LogP contribution in [0.15, 0.2) is 0 Å². The second-order valence-corrected chi connectivity index (χ2v) is 6.17. The largest absolute Gasteiger partial charge is 0.315 e. The minimum Gasteiger partial charge on any atom is -0.315 e.